The van der Waals surface area contributed by atoms with Crippen LogP contribution in [0, 0.1) is 0 Å². The predicted octanol–water partition coefficient (Wildman–Crippen LogP) is 5.76. The molecule has 1 fully saturated rings. The fourth-order valence-corrected chi connectivity index (χ4v) is 5.51. The van der Waals surface area contributed by atoms with E-state index in [1.807, 2.05) is 60.8 Å². The van der Waals surface area contributed by atoms with Crippen molar-refractivity contribution < 1.29 is 23.7 Å². The smallest absolute Gasteiger partial charge is 0.266 e. The van der Waals surface area contributed by atoms with E-state index >= 15 is 0 Å². The van der Waals surface area contributed by atoms with E-state index in [1.54, 1.807) is 25.2 Å². The summed E-state index contributed by atoms with van der Waals surface area (Å²) in [6.45, 7) is 0.644. The van der Waals surface area contributed by atoms with Crippen molar-refractivity contribution in [2.75, 3.05) is 27.6 Å². The van der Waals surface area contributed by atoms with Crippen molar-refractivity contribution in [3.63, 3.8) is 0 Å². The van der Waals surface area contributed by atoms with Gasteiger partial charge in [-0.1, -0.05) is 18.2 Å². The molecule has 2 aliphatic rings. The van der Waals surface area contributed by atoms with Gasteiger partial charge < -0.3 is 23.9 Å². The molecule has 0 aliphatic carbocycles. The molecule has 1 amide bonds. The van der Waals surface area contributed by atoms with Gasteiger partial charge in [0.15, 0.2) is 16.7 Å². The number of aromatic nitrogens is 1. The fraction of sp³-hybridized carbons (Fsp3) is 0.172. The van der Waals surface area contributed by atoms with Crippen LogP contribution in [-0.4, -0.2) is 48.5 Å². The highest BCUT2D eigenvalue weighted by molar-refractivity contribution is 8.18. The van der Waals surface area contributed by atoms with E-state index in [-0.39, 0.29) is 12.7 Å². The maximum atomic E-state index is 13.7. The number of para-hydroxylation sites is 1. The molecule has 1 aromatic heterocycles. The van der Waals surface area contributed by atoms with Crippen LogP contribution in [0.2, 0.25) is 0 Å². The molecule has 9 heteroatoms. The van der Waals surface area contributed by atoms with Gasteiger partial charge in [0, 0.05) is 35.3 Å². The van der Waals surface area contributed by atoms with Crippen molar-refractivity contribution in [3.05, 3.63) is 82.9 Å². The van der Waals surface area contributed by atoms with Gasteiger partial charge in [-0.15, -0.1) is 0 Å². The van der Waals surface area contributed by atoms with E-state index in [4.69, 9.17) is 23.9 Å². The number of H-pyrrole nitrogens is 1. The third-order valence-corrected chi connectivity index (χ3v) is 7.48. The lowest BCUT2D eigenvalue weighted by atomic mass is 10.1. The summed E-state index contributed by atoms with van der Waals surface area (Å²) in [5.74, 6) is 2.48. The Morgan fingerprint density at radius 2 is 1.84 bits per heavy atom. The molecule has 4 aromatic rings. The number of fused-ring (bicyclic) bond motifs is 2. The Labute approximate surface area is 223 Å². The molecular weight excluding hydrogens is 502 g/mol. The molecule has 192 valence electrons. The average molecular weight is 528 g/mol. The number of aromatic amines is 1. The van der Waals surface area contributed by atoms with Gasteiger partial charge in [-0.3, -0.25) is 9.69 Å². The third kappa shape index (κ3) is 4.56. The number of methoxy groups -OCH3 is 2. The van der Waals surface area contributed by atoms with Gasteiger partial charge in [0.1, 0.15) is 11.5 Å². The molecule has 1 saturated heterocycles. The van der Waals surface area contributed by atoms with Crippen LogP contribution in [0.1, 0.15) is 11.1 Å². The maximum Gasteiger partial charge on any atom is 0.266 e. The van der Waals surface area contributed by atoms with Crippen LogP contribution >= 0.6 is 11.8 Å². The zero-order valence-electron chi connectivity index (χ0n) is 20.9. The number of carbonyl (C=O) groups excluding carboxylic acids is 1. The van der Waals surface area contributed by atoms with Gasteiger partial charge >= 0.3 is 0 Å². The number of amides is 1. The molecule has 38 heavy (non-hydrogen) atoms. The molecular formula is C29H25N3O5S. The highest BCUT2D eigenvalue weighted by Crippen LogP contribution is 2.41. The van der Waals surface area contributed by atoms with Gasteiger partial charge in [-0.25, -0.2) is 4.99 Å². The second-order valence-electron chi connectivity index (χ2n) is 8.72. The van der Waals surface area contributed by atoms with Crippen molar-refractivity contribution in [1.82, 2.24) is 9.88 Å². The van der Waals surface area contributed by atoms with Crippen molar-refractivity contribution >= 4 is 45.5 Å². The van der Waals surface area contributed by atoms with Crippen LogP contribution in [0.25, 0.3) is 17.0 Å². The highest BCUT2D eigenvalue weighted by Gasteiger charge is 2.34. The first-order valence-electron chi connectivity index (χ1n) is 12.1. The Kier molecular flexibility index (Phi) is 6.43. The van der Waals surface area contributed by atoms with Gasteiger partial charge in [-0.2, -0.15) is 0 Å². The molecule has 0 unspecified atom stereocenters. The third-order valence-electron chi connectivity index (χ3n) is 6.48. The number of ether oxygens (including phenoxy) is 4. The van der Waals surface area contributed by atoms with Crippen LogP contribution in [0.4, 0.5) is 5.69 Å². The minimum Gasteiger partial charge on any atom is -0.497 e. The summed E-state index contributed by atoms with van der Waals surface area (Å²) in [4.78, 5) is 24.1. The topological polar surface area (TPSA) is 85.4 Å². The predicted molar refractivity (Wildman–Crippen MR) is 148 cm³/mol. The molecule has 2 aliphatic heterocycles. The SMILES string of the molecule is COc1ccc(N=C2S/C(=C\c3cc4c(cc3OC)OCO4)C(=O)N2CCc2c[nH]c3ccccc23)cc1. The Bertz CT molecular complexity index is 1580. The van der Waals surface area contributed by atoms with Crippen LogP contribution in [0.15, 0.2) is 76.8 Å². The first kappa shape index (κ1) is 24.0. The molecule has 0 saturated carbocycles. The van der Waals surface area contributed by atoms with E-state index in [1.165, 1.54) is 11.8 Å². The highest BCUT2D eigenvalue weighted by atomic mass is 32.2. The Balaban J connectivity index is 1.34. The second-order valence-corrected chi connectivity index (χ2v) is 9.73. The zero-order chi connectivity index (χ0) is 26.1. The van der Waals surface area contributed by atoms with Crippen molar-refractivity contribution in [2.45, 2.75) is 6.42 Å². The van der Waals surface area contributed by atoms with E-state index in [2.05, 4.69) is 11.1 Å². The summed E-state index contributed by atoms with van der Waals surface area (Å²) < 4.78 is 21.8. The summed E-state index contributed by atoms with van der Waals surface area (Å²) in [6.07, 6.45) is 4.51. The fourth-order valence-electron chi connectivity index (χ4n) is 4.50. The number of nitrogens with zero attached hydrogens (tertiary/aromatic N) is 2. The number of carbonyl (C=O) groups is 1. The van der Waals surface area contributed by atoms with Gasteiger partial charge in [0.25, 0.3) is 5.91 Å². The molecule has 1 N–H and O–H groups in total. The maximum absolute atomic E-state index is 13.7. The van der Waals surface area contributed by atoms with Crippen molar-refractivity contribution in [2.24, 2.45) is 4.99 Å². The normalized spacial score (nSPS) is 16.7. The van der Waals surface area contributed by atoms with Crippen molar-refractivity contribution in [3.8, 4) is 23.0 Å². The number of nitrogens with one attached hydrogen (secondary N) is 1. The number of aliphatic imine (C=N–C) groups is 1. The summed E-state index contributed by atoms with van der Waals surface area (Å²) in [5.41, 5.74) is 3.69. The van der Waals surface area contributed by atoms with Gasteiger partial charge in [0.05, 0.1) is 24.8 Å². The molecule has 8 nitrogen and oxygen atoms in total. The summed E-state index contributed by atoms with van der Waals surface area (Å²) in [5, 5.41) is 1.77. The standard InChI is InChI=1S/C29H25N3O5S/c1-34-21-9-7-20(8-10-21)31-29-32(12-11-18-16-30-23-6-4-3-5-22(18)23)28(33)27(38-29)14-19-13-25-26(37-17-36-25)15-24(19)35-2/h3-10,13-16,30H,11-12,17H2,1-2H3/b27-14-,31-29?. The quantitative estimate of drug-likeness (QED) is 0.308. The molecule has 6 rings (SSSR count). The first-order chi connectivity index (χ1) is 18.6. The zero-order valence-corrected chi connectivity index (χ0v) is 21.7. The Hall–Kier alpha value is -4.37. The summed E-state index contributed by atoms with van der Waals surface area (Å²) >= 11 is 1.34. The minimum absolute atomic E-state index is 0.109. The molecule has 0 spiro atoms. The van der Waals surface area contributed by atoms with Crippen molar-refractivity contribution in [1.29, 1.82) is 0 Å². The molecule has 3 heterocycles. The number of thioether (sulfide) groups is 1. The number of amidine groups is 1. The number of hydrogen-bond donors (Lipinski definition) is 1. The Morgan fingerprint density at radius 3 is 2.63 bits per heavy atom. The lowest BCUT2D eigenvalue weighted by molar-refractivity contribution is -0.122. The first-order valence-corrected chi connectivity index (χ1v) is 12.9. The van der Waals surface area contributed by atoms with Crippen LogP contribution in [0.5, 0.6) is 23.0 Å². The molecule has 0 radical (unpaired) electrons. The van der Waals surface area contributed by atoms with E-state index in [0.29, 0.717) is 40.3 Å². The molecule has 0 bridgehead atoms. The number of rotatable bonds is 7. The van der Waals surface area contributed by atoms with E-state index < -0.39 is 0 Å². The number of hydrogen-bond acceptors (Lipinski definition) is 7. The van der Waals surface area contributed by atoms with E-state index in [9.17, 15) is 4.79 Å². The average Bonchev–Trinajstić information content (AvgIpc) is 3.65. The minimum atomic E-state index is -0.109. The van der Waals surface area contributed by atoms with E-state index in [0.717, 1.165) is 33.5 Å². The monoisotopic (exact) mass is 527 g/mol. The lowest BCUT2D eigenvalue weighted by Gasteiger charge is -2.15. The largest absolute Gasteiger partial charge is 0.497 e. The number of benzene rings is 3. The van der Waals surface area contributed by atoms with Crippen LogP contribution < -0.4 is 18.9 Å². The van der Waals surface area contributed by atoms with Gasteiger partial charge in [0.2, 0.25) is 6.79 Å². The molecule has 3 aromatic carbocycles. The summed E-state index contributed by atoms with van der Waals surface area (Å²) in [7, 11) is 3.22. The van der Waals surface area contributed by atoms with Gasteiger partial charge in [-0.05, 0) is 66.2 Å². The lowest BCUT2D eigenvalue weighted by Crippen LogP contribution is -2.31. The second kappa shape index (κ2) is 10.2. The molecule has 0 atom stereocenters. The van der Waals surface area contributed by atoms with Crippen LogP contribution in [-0.2, 0) is 11.2 Å². The summed E-state index contributed by atoms with van der Waals surface area (Å²) in [6, 6.07) is 19.2. The Morgan fingerprint density at radius 1 is 1.05 bits per heavy atom. The van der Waals surface area contributed by atoms with Crippen LogP contribution in [0.3, 0.4) is 0 Å².